The maximum atomic E-state index is 11.3. The van der Waals surface area contributed by atoms with Crippen LogP contribution in [0.25, 0.3) is 0 Å². The predicted octanol–water partition coefficient (Wildman–Crippen LogP) is 2.45. The van der Waals surface area contributed by atoms with E-state index in [1.165, 1.54) is 0 Å². The summed E-state index contributed by atoms with van der Waals surface area (Å²) < 4.78 is 30.2. The van der Waals surface area contributed by atoms with Gasteiger partial charge in [0.25, 0.3) is 0 Å². The van der Waals surface area contributed by atoms with Crippen LogP contribution in [-0.2, 0) is 18.0 Å². The number of hydrogen-bond donors (Lipinski definition) is 3. The highest BCUT2D eigenvalue weighted by atomic mass is 31.3. The third kappa shape index (κ3) is 5.12. The standard InChI is InChI=1S/C10H20O7P2/c1-7(2)5-8-9(10(8,3)4)6-16-19(14,15)17-18(11,12)13/h5,8-9H,6H2,1-4H3,(H,14,15)(H2,11,12,13). The zero-order valence-electron chi connectivity index (χ0n) is 11.3. The van der Waals surface area contributed by atoms with E-state index in [1.54, 1.807) is 0 Å². The normalized spacial score (nSPS) is 28.6. The zero-order valence-corrected chi connectivity index (χ0v) is 13.1. The van der Waals surface area contributed by atoms with E-state index < -0.39 is 15.6 Å². The second kappa shape index (κ2) is 5.41. The molecule has 0 heterocycles. The van der Waals surface area contributed by atoms with Crippen LogP contribution < -0.4 is 0 Å². The van der Waals surface area contributed by atoms with Gasteiger partial charge in [0, 0.05) is 0 Å². The fraction of sp³-hybridized carbons (Fsp3) is 0.800. The van der Waals surface area contributed by atoms with Gasteiger partial charge in [0.2, 0.25) is 0 Å². The molecule has 0 spiro atoms. The molecule has 0 aromatic heterocycles. The van der Waals surface area contributed by atoms with Crippen molar-refractivity contribution in [3.05, 3.63) is 11.6 Å². The maximum Gasteiger partial charge on any atom is 0.481 e. The first-order valence-corrected chi connectivity index (χ1v) is 8.77. The Bertz CT molecular complexity index is 460. The van der Waals surface area contributed by atoms with Gasteiger partial charge in [0.15, 0.2) is 0 Å². The summed E-state index contributed by atoms with van der Waals surface area (Å²) in [4.78, 5) is 26.1. The highest BCUT2D eigenvalue weighted by Gasteiger charge is 2.56. The van der Waals surface area contributed by atoms with Crippen molar-refractivity contribution in [1.29, 1.82) is 0 Å². The predicted molar refractivity (Wildman–Crippen MR) is 69.1 cm³/mol. The van der Waals surface area contributed by atoms with Gasteiger partial charge in [-0.1, -0.05) is 25.5 Å². The lowest BCUT2D eigenvalue weighted by molar-refractivity contribution is 0.167. The fourth-order valence-electron chi connectivity index (χ4n) is 2.13. The Morgan fingerprint density at radius 2 is 1.79 bits per heavy atom. The van der Waals surface area contributed by atoms with Crippen LogP contribution in [-0.4, -0.2) is 21.3 Å². The number of hydrogen-bond acceptors (Lipinski definition) is 4. The molecule has 1 fully saturated rings. The van der Waals surface area contributed by atoms with Gasteiger partial charge in [-0.2, -0.15) is 4.31 Å². The van der Waals surface area contributed by atoms with Crippen LogP contribution in [0.5, 0.6) is 0 Å². The van der Waals surface area contributed by atoms with E-state index in [0.29, 0.717) is 0 Å². The van der Waals surface area contributed by atoms with Crippen molar-refractivity contribution in [3.8, 4) is 0 Å². The summed E-state index contributed by atoms with van der Waals surface area (Å²) >= 11 is 0. The smallest absolute Gasteiger partial charge is 0.302 e. The number of phosphoric acid groups is 2. The van der Waals surface area contributed by atoms with Crippen molar-refractivity contribution < 1.29 is 32.6 Å². The van der Waals surface area contributed by atoms with Crippen molar-refractivity contribution in [3.63, 3.8) is 0 Å². The van der Waals surface area contributed by atoms with Crippen LogP contribution in [0.2, 0.25) is 0 Å². The van der Waals surface area contributed by atoms with E-state index in [0.717, 1.165) is 5.57 Å². The molecular weight excluding hydrogens is 294 g/mol. The molecule has 9 heteroatoms. The molecule has 3 N–H and O–H groups in total. The monoisotopic (exact) mass is 314 g/mol. The third-order valence-corrected chi connectivity index (χ3v) is 5.43. The van der Waals surface area contributed by atoms with Crippen molar-refractivity contribution in [2.24, 2.45) is 17.3 Å². The molecule has 0 amide bonds. The van der Waals surface area contributed by atoms with Crippen molar-refractivity contribution in [2.45, 2.75) is 27.7 Å². The first-order valence-electron chi connectivity index (χ1n) is 5.74. The van der Waals surface area contributed by atoms with E-state index in [2.05, 4.69) is 14.9 Å². The molecule has 0 aliphatic heterocycles. The second-order valence-electron chi connectivity index (χ2n) is 5.53. The molecular formula is C10H20O7P2. The summed E-state index contributed by atoms with van der Waals surface area (Å²) in [7, 11) is -9.78. The lowest BCUT2D eigenvalue weighted by atomic mass is 10.1. The highest BCUT2D eigenvalue weighted by molar-refractivity contribution is 7.60. The minimum Gasteiger partial charge on any atom is -0.302 e. The van der Waals surface area contributed by atoms with Crippen LogP contribution in [0.1, 0.15) is 27.7 Å². The average Bonchev–Trinajstić information content (AvgIpc) is 2.59. The Morgan fingerprint density at radius 3 is 2.21 bits per heavy atom. The quantitative estimate of drug-likeness (QED) is 0.509. The molecule has 0 aromatic rings. The number of allylic oxidation sites excluding steroid dienone is 2. The summed E-state index contributed by atoms with van der Waals surface area (Å²) in [5, 5.41) is 0. The van der Waals surface area contributed by atoms with E-state index in [-0.39, 0.29) is 23.9 Å². The SMILES string of the molecule is CC(C)=CC1C(COP(=O)(O)OP(=O)(O)O)C1(C)C. The lowest BCUT2D eigenvalue weighted by Crippen LogP contribution is -2.01. The van der Waals surface area contributed by atoms with Crippen LogP contribution in [0.4, 0.5) is 0 Å². The maximum absolute atomic E-state index is 11.3. The van der Waals surface area contributed by atoms with Crippen LogP contribution in [0, 0.1) is 17.3 Å². The molecule has 3 atom stereocenters. The molecule has 1 aliphatic rings. The van der Waals surface area contributed by atoms with Gasteiger partial charge in [0.05, 0.1) is 6.61 Å². The van der Waals surface area contributed by atoms with Gasteiger partial charge in [-0.25, -0.2) is 9.13 Å². The second-order valence-corrected chi connectivity index (χ2v) is 8.36. The molecule has 0 saturated heterocycles. The minimum atomic E-state index is -5.05. The van der Waals surface area contributed by atoms with E-state index in [1.807, 2.05) is 27.7 Å². The van der Waals surface area contributed by atoms with Gasteiger partial charge in [0.1, 0.15) is 0 Å². The Balaban J connectivity index is 2.57. The lowest BCUT2D eigenvalue weighted by Gasteiger charge is -2.12. The van der Waals surface area contributed by atoms with Crippen LogP contribution >= 0.6 is 15.6 Å². The Labute approximate surface area is 112 Å². The molecule has 0 aromatic carbocycles. The molecule has 1 rings (SSSR count). The fourth-order valence-corrected chi connectivity index (χ4v) is 3.74. The molecule has 3 unspecified atom stereocenters. The molecule has 1 saturated carbocycles. The highest BCUT2D eigenvalue weighted by Crippen LogP contribution is 2.63. The van der Waals surface area contributed by atoms with Gasteiger partial charge >= 0.3 is 15.6 Å². The molecule has 7 nitrogen and oxygen atoms in total. The topological polar surface area (TPSA) is 113 Å². The van der Waals surface area contributed by atoms with Gasteiger partial charge in [-0.05, 0) is 31.1 Å². The molecule has 112 valence electrons. The number of rotatable bonds is 6. The molecule has 0 radical (unpaired) electrons. The summed E-state index contributed by atoms with van der Waals surface area (Å²) in [6.45, 7) is 7.82. The van der Waals surface area contributed by atoms with Crippen LogP contribution in [0.15, 0.2) is 11.6 Å². The first kappa shape index (κ1) is 17.1. The van der Waals surface area contributed by atoms with Gasteiger partial charge < -0.3 is 14.7 Å². The molecule has 1 aliphatic carbocycles. The zero-order chi connectivity index (χ0) is 15.1. The number of phosphoric ester groups is 1. The largest absolute Gasteiger partial charge is 0.481 e. The van der Waals surface area contributed by atoms with E-state index >= 15 is 0 Å². The Hall–Kier alpha value is -0.0000000000000000416. The van der Waals surface area contributed by atoms with Crippen molar-refractivity contribution >= 4 is 15.6 Å². The first-order chi connectivity index (χ1) is 8.35. The van der Waals surface area contributed by atoms with E-state index in [9.17, 15) is 9.13 Å². The Kier molecular flexibility index (Phi) is 4.86. The van der Waals surface area contributed by atoms with E-state index in [4.69, 9.17) is 14.7 Å². The average molecular weight is 314 g/mol. The molecule has 19 heavy (non-hydrogen) atoms. The van der Waals surface area contributed by atoms with Gasteiger partial charge in [-0.3, -0.25) is 4.52 Å². The van der Waals surface area contributed by atoms with Gasteiger partial charge in [-0.15, -0.1) is 0 Å². The van der Waals surface area contributed by atoms with Crippen LogP contribution in [0.3, 0.4) is 0 Å². The summed E-state index contributed by atoms with van der Waals surface area (Å²) in [5.41, 5.74) is 1.07. The summed E-state index contributed by atoms with van der Waals surface area (Å²) in [5.74, 6) is 0.232. The minimum absolute atomic E-state index is 0.0169. The van der Waals surface area contributed by atoms with Crippen molar-refractivity contribution in [2.75, 3.05) is 6.61 Å². The summed E-state index contributed by atoms with van der Waals surface area (Å²) in [6.07, 6.45) is 2.06. The molecule has 0 bridgehead atoms. The van der Waals surface area contributed by atoms with Crippen molar-refractivity contribution in [1.82, 2.24) is 0 Å². The Morgan fingerprint density at radius 1 is 1.26 bits per heavy atom. The summed E-state index contributed by atoms with van der Waals surface area (Å²) in [6, 6.07) is 0. The third-order valence-electron chi connectivity index (χ3n) is 3.28.